The third kappa shape index (κ3) is 3.77. The van der Waals surface area contributed by atoms with Crippen molar-refractivity contribution in [3.05, 3.63) is 30.1 Å². The van der Waals surface area contributed by atoms with Crippen molar-refractivity contribution >= 4 is 27.2 Å². The van der Waals surface area contributed by atoms with Gasteiger partial charge in [0, 0.05) is 17.6 Å². The van der Waals surface area contributed by atoms with Crippen LogP contribution in [0.1, 0.15) is 50.3 Å². The monoisotopic (exact) mass is 379 g/mol. The largest absolute Gasteiger partial charge is 0.236 e. The molecule has 5 nitrogen and oxygen atoms in total. The van der Waals surface area contributed by atoms with E-state index >= 15 is 0 Å². The van der Waals surface area contributed by atoms with Gasteiger partial charge in [-0.15, -0.1) is 6.58 Å². The Labute approximate surface area is 153 Å². The molecule has 7 heteroatoms. The summed E-state index contributed by atoms with van der Waals surface area (Å²) in [6.45, 7) is 5.80. The zero-order valence-corrected chi connectivity index (χ0v) is 16.3. The Morgan fingerprint density at radius 3 is 2.88 bits per heavy atom. The average molecular weight is 380 g/mol. The van der Waals surface area contributed by atoms with Gasteiger partial charge in [-0.3, -0.25) is 0 Å². The Hall–Kier alpha value is -1.34. The van der Waals surface area contributed by atoms with E-state index in [0.29, 0.717) is 27.7 Å². The molecule has 0 atom stereocenters. The summed E-state index contributed by atoms with van der Waals surface area (Å²) in [5.41, 5.74) is 2.80. The van der Waals surface area contributed by atoms with Crippen molar-refractivity contribution in [2.75, 3.05) is 11.5 Å². The molecule has 2 heterocycles. The van der Waals surface area contributed by atoms with Gasteiger partial charge in [-0.25, -0.2) is 17.9 Å². The van der Waals surface area contributed by atoms with Gasteiger partial charge < -0.3 is 0 Å². The van der Waals surface area contributed by atoms with Crippen LogP contribution in [0.25, 0.3) is 5.65 Å². The van der Waals surface area contributed by atoms with E-state index in [1.165, 1.54) is 17.3 Å². The molecule has 2 aromatic rings. The van der Waals surface area contributed by atoms with E-state index in [4.69, 9.17) is 0 Å². The van der Waals surface area contributed by atoms with Gasteiger partial charge >= 0.3 is 0 Å². The van der Waals surface area contributed by atoms with Crippen LogP contribution >= 0.6 is 11.8 Å². The fourth-order valence-electron chi connectivity index (χ4n) is 3.26. The number of hydrogen-bond donors (Lipinski definition) is 0. The molecular formula is C18H25N3O2S2. The molecule has 0 unspecified atom stereocenters. The number of rotatable bonds is 8. The molecule has 0 amide bonds. The SMILES string of the molecule is C=CCSc1nn2c3c(cnc2c1S(=O)(=O)CCCCC)CCCC3. The van der Waals surface area contributed by atoms with Crippen LogP contribution in [0.2, 0.25) is 0 Å². The Bertz CT molecular complexity index is 872. The second-order valence-electron chi connectivity index (χ2n) is 6.43. The molecule has 0 fully saturated rings. The molecule has 2 aromatic heterocycles. The number of aryl methyl sites for hydroxylation is 2. The number of fused-ring (bicyclic) bond motifs is 3. The predicted octanol–water partition coefficient (Wildman–Crippen LogP) is 3.85. The van der Waals surface area contributed by atoms with Gasteiger partial charge in [-0.2, -0.15) is 5.10 Å². The lowest BCUT2D eigenvalue weighted by Gasteiger charge is -2.15. The van der Waals surface area contributed by atoms with Gasteiger partial charge in [0.2, 0.25) is 0 Å². The summed E-state index contributed by atoms with van der Waals surface area (Å²) in [4.78, 5) is 4.81. The summed E-state index contributed by atoms with van der Waals surface area (Å²) in [7, 11) is -3.40. The summed E-state index contributed by atoms with van der Waals surface area (Å²) < 4.78 is 27.8. The Kier molecular flexibility index (Phi) is 5.84. The number of hydrogen-bond acceptors (Lipinski definition) is 5. The van der Waals surface area contributed by atoms with Crippen molar-refractivity contribution < 1.29 is 8.42 Å². The number of thioether (sulfide) groups is 1. The van der Waals surface area contributed by atoms with Crippen molar-refractivity contribution in [3.63, 3.8) is 0 Å². The van der Waals surface area contributed by atoms with Crippen molar-refractivity contribution in [2.24, 2.45) is 0 Å². The minimum Gasteiger partial charge on any atom is -0.236 e. The molecule has 1 aliphatic carbocycles. The van der Waals surface area contributed by atoms with Crippen LogP contribution in [-0.2, 0) is 22.7 Å². The summed E-state index contributed by atoms with van der Waals surface area (Å²) in [6, 6.07) is 0. The van der Waals surface area contributed by atoms with E-state index in [-0.39, 0.29) is 5.75 Å². The van der Waals surface area contributed by atoms with Gasteiger partial charge in [0.25, 0.3) is 0 Å². The highest BCUT2D eigenvalue weighted by Crippen LogP contribution is 2.32. The Morgan fingerprint density at radius 1 is 1.32 bits per heavy atom. The van der Waals surface area contributed by atoms with Gasteiger partial charge in [0.15, 0.2) is 15.5 Å². The van der Waals surface area contributed by atoms with Gasteiger partial charge in [0.1, 0.15) is 9.92 Å². The summed E-state index contributed by atoms with van der Waals surface area (Å²) >= 11 is 1.42. The van der Waals surface area contributed by atoms with Crippen molar-refractivity contribution in [2.45, 2.75) is 61.8 Å². The maximum absolute atomic E-state index is 13.0. The molecule has 0 bridgehead atoms. The van der Waals surface area contributed by atoms with E-state index in [0.717, 1.165) is 44.2 Å². The fraction of sp³-hybridized carbons (Fsp3) is 0.556. The highest BCUT2D eigenvalue weighted by molar-refractivity contribution is 8.00. The molecule has 0 radical (unpaired) electrons. The van der Waals surface area contributed by atoms with Crippen LogP contribution in [0.4, 0.5) is 0 Å². The molecule has 136 valence electrons. The minimum atomic E-state index is -3.40. The normalized spacial score (nSPS) is 14.6. The quantitative estimate of drug-likeness (QED) is 0.396. The van der Waals surface area contributed by atoms with Gasteiger partial charge in [-0.05, 0) is 37.7 Å². The van der Waals surface area contributed by atoms with Crippen LogP contribution in [0.15, 0.2) is 28.8 Å². The van der Waals surface area contributed by atoms with E-state index in [2.05, 4.69) is 23.6 Å². The number of nitrogens with zero attached hydrogens (tertiary/aromatic N) is 3. The second kappa shape index (κ2) is 7.91. The summed E-state index contributed by atoms with van der Waals surface area (Å²) in [6.07, 6.45) is 10.4. The van der Waals surface area contributed by atoms with E-state index in [9.17, 15) is 8.42 Å². The van der Waals surface area contributed by atoms with E-state index in [1.807, 2.05) is 6.20 Å². The maximum Gasteiger partial charge on any atom is 0.184 e. The molecule has 3 rings (SSSR count). The van der Waals surface area contributed by atoms with Crippen LogP contribution in [0.3, 0.4) is 0 Å². The molecule has 0 saturated heterocycles. The van der Waals surface area contributed by atoms with Crippen LogP contribution in [-0.4, -0.2) is 34.5 Å². The first-order valence-electron chi connectivity index (χ1n) is 8.94. The lowest BCUT2D eigenvalue weighted by molar-refractivity contribution is 0.589. The minimum absolute atomic E-state index is 0.155. The fourth-order valence-corrected chi connectivity index (χ4v) is 5.97. The maximum atomic E-state index is 13.0. The van der Waals surface area contributed by atoms with Crippen molar-refractivity contribution in [3.8, 4) is 0 Å². The Morgan fingerprint density at radius 2 is 2.12 bits per heavy atom. The van der Waals surface area contributed by atoms with Crippen LogP contribution in [0, 0.1) is 0 Å². The molecule has 0 aromatic carbocycles. The summed E-state index contributed by atoms with van der Waals surface area (Å²) in [5.74, 6) is 0.784. The highest BCUT2D eigenvalue weighted by atomic mass is 32.2. The first-order valence-corrected chi connectivity index (χ1v) is 11.6. The Balaban J connectivity index is 2.12. The second-order valence-corrected chi connectivity index (χ2v) is 9.49. The average Bonchev–Trinajstić information content (AvgIpc) is 2.99. The lowest BCUT2D eigenvalue weighted by atomic mass is 9.97. The topological polar surface area (TPSA) is 64.3 Å². The molecule has 0 aliphatic heterocycles. The van der Waals surface area contributed by atoms with Crippen molar-refractivity contribution in [1.82, 2.24) is 14.6 Å². The third-order valence-corrected chi connectivity index (χ3v) is 7.45. The summed E-state index contributed by atoms with van der Waals surface area (Å²) in [5, 5.41) is 5.21. The molecular weight excluding hydrogens is 354 g/mol. The number of sulfone groups is 1. The number of aromatic nitrogens is 3. The smallest absolute Gasteiger partial charge is 0.184 e. The lowest BCUT2D eigenvalue weighted by Crippen LogP contribution is -2.12. The zero-order chi connectivity index (χ0) is 17.9. The zero-order valence-electron chi connectivity index (χ0n) is 14.7. The standard InChI is InChI=1S/C18H25N3O2S2/c1-3-5-8-12-25(22,23)16-17-19-13-14-9-6-7-10-15(14)21(17)20-18(16)24-11-4-2/h4,13H,2-3,5-12H2,1H3. The first kappa shape index (κ1) is 18.5. The predicted molar refractivity (Wildman–Crippen MR) is 102 cm³/mol. The molecule has 0 saturated carbocycles. The van der Waals surface area contributed by atoms with Crippen molar-refractivity contribution in [1.29, 1.82) is 0 Å². The third-order valence-electron chi connectivity index (χ3n) is 4.53. The number of unbranched alkanes of at least 4 members (excludes halogenated alkanes) is 2. The van der Waals surface area contributed by atoms with Crippen LogP contribution < -0.4 is 0 Å². The van der Waals surface area contributed by atoms with Gasteiger partial charge in [0.05, 0.1) is 5.75 Å². The molecule has 1 aliphatic rings. The van der Waals surface area contributed by atoms with E-state index < -0.39 is 9.84 Å². The van der Waals surface area contributed by atoms with Gasteiger partial charge in [-0.1, -0.05) is 37.6 Å². The van der Waals surface area contributed by atoms with Crippen LogP contribution in [0.5, 0.6) is 0 Å². The molecule has 0 spiro atoms. The molecule has 25 heavy (non-hydrogen) atoms. The highest BCUT2D eigenvalue weighted by Gasteiger charge is 2.28. The first-order chi connectivity index (χ1) is 12.1. The van der Waals surface area contributed by atoms with E-state index in [1.54, 1.807) is 10.6 Å². The molecule has 0 N–H and O–H groups in total.